The Kier molecular flexibility index (Phi) is 9.66. The molecule has 0 aliphatic heterocycles. The molecule has 1 aromatic rings. The molecule has 0 fully saturated rings. The lowest BCUT2D eigenvalue weighted by molar-refractivity contribution is -0.143. The van der Waals surface area contributed by atoms with Gasteiger partial charge in [0.25, 0.3) is 0 Å². The predicted molar refractivity (Wildman–Crippen MR) is 131 cm³/mol. The molecule has 0 saturated heterocycles. The second kappa shape index (κ2) is 11.4. The Morgan fingerprint density at radius 2 is 1.65 bits per heavy atom. The highest BCUT2D eigenvalue weighted by Gasteiger charge is 2.37. The van der Waals surface area contributed by atoms with Crippen LogP contribution in [0.2, 0.25) is 0 Å². The van der Waals surface area contributed by atoms with Crippen molar-refractivity contribution in [2.45, 2.75) is 92.0 Å². The number of primary amides is 1. The average Bonchev–Trinajstić information content (AvgIpc) is 2.64. The van der Waals surface area contributed by atoms with E-state index in [0.717, 1.165) is 11.1 Å². The van der Waals surface area contributed by atoms with Crippen LogP contribution in [0.5, 0.6) is 0 Å². The number of alkyl carbamates (subject to hydrolysis) is 1. The third kappa shape index (κ3) is 8.68. The number of nitrogens with zero attached hydrogens (tertiary/aromatic N) is 1. The average molecular weight is 477 g/mol. The van der Waals surface area contributed by atoms with E-state index in [2.05, 4.69) is 10.6 Å². The van der Waals surface area contributed by atoms with Gasteiger partial charge in [0, 0.05) is 12.1 Å². The number of nitrogens with two attached hydrogens (primary N) is 1. The lowest BCUT2D eigenvalue weighted by Gasteiger charge is -2.36. The summed E-state index contributed by atoms with van der Waals surface area (Å²) >= 11 is 0. The van der Waals surface area contributed by atoms with Crippen molar-refractivity contribution in [2.75, 3.05) is 6.54 Å². The standard InChI is InChI=1S/C25H40N4O5/c1-10-29(22(32)18(14-19(26)30)27-23(33)34-25(7,8)9)20(21(31)28-24(4,5)6)17-13-11-12-15(2)16(17)3/h11-13,18,20H,10,14H2,1-9H3,(H2,26,30)(H,27,33)(H,28,31). The smallest absolute Gasteiger partial charge is 0.408 e. The molecule has 0 saturated carbocycles. The van der Waals surface area contributed by atoms with Crippen molar-refractivity contribution in [1.82, 2.24) is 15.5 Å². The molecule has 2 atom stereocenters. The number of hydrogen-bond donors (Lipinski definition) is 3. The van der Waals surface area contributed by atoms with Gasteiger partial charge in [-0.3, -0.25) is 14.4 Å². The molecule has 0 heterocycles. The maximum atomic E-state index is 13.7. The van der Waals surface area contributed by atoms with Crippen molar-refractivity contribution in [3.63, 3.8) is 0 Å². The number of hydrogen-bond acceptors (Lipinski definition) is 5. The predicted octanol–water partition coefficient (Wildman–Crippen LogP) is 2.88. The molecule has 9 heteroatoms. The lowest BCUT2D eigenvalue weighted by Crippen LogP contribution is -2.55. The molecule has 1 aromatic carbocycles. The van der Waals surface area contributed by atoms with E-state index in [1.807, 2.05) is 46.8 Å². The highest BCUT2D eigenvalue weighted by Crippen LogP contribution is 2.28. The van der Waals surface area contributed by atoms with Gasteiger partial charge >= 0.3 is 6.09 Å². The van der Waals surface area contributed by atoms with Crippen molar-refractivity contribution in [2.24, 2.45) is 5.73 Å². The van der Waals surface area contributed by atoms with E-state index < -0.39 is 47.6 Å². The van der Waals surface area contributed by atoms with E-state index >= 15 is 0 Å². The molecule has 1 rings (SSSR count). The van der Waals surface area contributed by atoms with Crippen LogP contribution in [0.15, 0.2) is 18.2 Å². The first kappa shape index (κ1) is 28.9. The van der Waals surface area contributed by atoms with Gasteiger partial charge in [-0.05, 0) is 79.0 Å². The fourth-order valence-electron chi connectivity index (χ4n) is 3.48. The van der Waals surface area contributed by atoms with Gasteiger partial charge in [-0.25, -0.2) is 4.79 Å². The molecule has 34 heavy (non-hydrogen) atoms. The minimum Gasteiger partial charge on any atom is -0.444 e. The molecule has 190 valence electrons. The summed E-state index contributed by atoms with van der Waals surface area (Å²) in [5.74, 6) is -1.75. The zero-order chi connectivity index (χ0) is 26.4. The number of likely N-dealkylation sites (N-methyl/N-ethyl adjacent to an activating group) is 1. The van der Waals surface area contributed by atoms with Crippen LogP contribution in [-0.4, -0.2) is 52.4 Å². The normalized spacial score (nSPS) is 13.4. The molecule has 4 N–H and O–H groups in total. The number of benzene rings is 1. The van der Waals surface area contributed by atoms with Crippen LogP contribution in [0.1, 0.15) is 77.6 Å². The van der Waals surface area contributed by atoms with Crippen molar-refractivity contribution in [3.05, 3.63) is 34.9 Å². The van der Waals surface area contributed by atoms with Crippen LogP contribution in [-0.2, 0) is 19.1 Å². The number of rotatable bonds is 8. The summed E-state index contributed by atoms with van der Waals surface area (Å²) in [7, 11) is 0. The molecule has 0 aliphatic carbocycles. The number of amides is 4. The second-order valence-corrected chi connectivity index (χ2v) is 10.4. The van der Waals surface area contributed by atoms with Crippen molar-refractivity contribution >= 4 is 23.8 Å². The largest absolute Gasteiger partial charge is 0.444 e. The minimum atomic E-state index is -1.29. The molecule has 0 spiro atoms. The van der Waals surface area contributed by atoms with Crippen LogP contribution in [0.3, 0.4) is 0 Å². The van der Waals surface area contributed by atoms with Crippen LogP contribution >= 0.6 is 0 Å². The van der Waals surface area contributed by atoms with Crippen LogP contribution in [0.4, 0.5) is 4.79 Å². The highest BCUT2D eigenvalue weighted by molar-refractivity contribution is 5.94. The van der Waals surface area contributed by atoms with Crippen LogP contribution in [0, 0.1) is 13.8 Å². The Bertz CT molecular complexity index is 915. The molecular formula is C25H40N4O5. The number of ether oxygens (including phenoxy) is 1. The van der Waals surface area contributed by atoms with Gasteiger partial charge in [-0.15, -0.1) is 0 Å². The number of carbonyl (C=O) groups excluding carboxylic acids is 4. The van der Waals surface area contributed by atoms with E-state index in [1.54, 1.807) is 33.8 Å². The first-order valence-corrected chi connectivity index (χ1v) is 11.4. The van der Waals surface area contributed by atoms with Crippen LogP contribution < -0.4 is 16.4 Å². The number of carbonyl (C=O) groups is 4. The fourth-order valence-corrected chi connectivity index (χ4v) is 3.48. The molecule has 4 amide bonds. The Morgan fingerprint density at radius 3 is 2.12 bits per heavy atom. The van der Waals surface area contributed by atoms with Crippen molar-refractivity contribution in [3.8, 4) is 0 Å². The Hall–Kier alpha value is -3.10. The van der Waals surface area contributed by atoms with Crippen LogP contribution in [0.25, 0.3) is 0 Å². The zero-order valence-electron chi connectivity index (χ0n) is 21.9. The van der Waals surface area contributed by atoms with E-state index in [4.69, 9.17) is 10.5 Å². The molecule has 0 aliphatic rings. The molecule has 9 nitrogen and oxygen atoms in total. The molecule has 0 aromatic heterocycles. The molecule has 2 unspecified atom stereocenters. The quantitative estimate of drug-likeness (QED) is 0.531. The van der Waals surface area contributed by atoms with E-state index in [0.29, 0.717) is 5.56 Å². The van der Waals surface area contributed by atoms with Gasteiger partial charge in [0.1, 0.15) is 17.7 Å². The zero-order valence-corrected chi connectivity index (χ0v) is 21.9. The fraction of sp³-hybridized carbons (Fsp3) is 0.600. The Morgan fingerprint density at radius 1 is 1.06 bits per heavy atom. The Labute approximate surface area is 202 Å². The Balaban J connectivity index is 3.49. The monoisotopic (exact) mass is 476 g/mol. The summed E-state index contributed by atoms with van der Waals surface area (Å²) in [6, 6.07) is 3.29. The minimum absolute atomic E-state index is 0.152. The maximum absolute atomic E-state index is 13.7. The van der Waals surface area contributed by atoms with Gasteiger partial charge < -0.3 is 26.0 Å². The maximum Gasteiger partial charge on any atom is 0.408 e. The molecular weight excluding hydrogens is 436 g/mol. The molecule has 0 radical (unpaired) electrons. The summed E-state index contributed by atoms with van der Waals surface area (Å²) in [5.41, 5.74) is 6.52. The summed E-state index contributed by atoms with van der Waals surface area (Å²) in [6.07, 6.45) is -1.29. The third-order valence-corrected chi connectivity index (χ3v) is 5.02. The van der Waals surface area contributed by atoms with Gasteiger partial charge in [-0.1, -0.05) is 18.2 Å². The topological polar surface area (TPSA) is 131 Å². The number of aryl methyl sites for hydroxylation is 1. The molecule has 0 bridgehead atoms. The van der Waals surface area contributed by atoms with E-state index in [1.165, 1.54) is 4.90 Å². The van der Waals surface area contributed by atoms with Gasteiger partial charge in [0.05, 0.1) is 6.42 Å². The first-order chi connectivity index (χ1) is 15.5. The highest BCUT2D eigenvalue weighted by atomic mass is 16.6. The van der Waals surface area contributed by atoms with E-state index in [9.17, 15) is 19.2 Å². The SMILES string of the molecule is CCN(C(=O)C(CC(N)=O)NC(=O)OC(C)(C)C)C(C(=O)NC(C)(C)C)c1cccc(C)c1C. The van der Waals surface area contributed by atoms with Crippen molar-refractivity contribution < 1.29 is 23.9 Å². The first-order valence-electron chi connectivity index (χ1n) is 11.4. The summed E-state index contributed by atoms with van der Waals surface area (Å²) in [4.78, 5) is 52.6. The van der Waals surface area contributed by atoms with E-state index in [-0.39, 0.29) is 12.5 Å². The van der Waals surface area contributed by atoms with Gasteiger partial charge in [-0.2, -0.15) is 0 Å². The summed E-state index contributed by atoms with van der Waals surface area (Å²) in [5, 5.41) is 5.40. The third-order valence-electron chi connectivity index (χ3n) is 5.02. The number of nitrogens with one attached hydrogen (secondary N) is 2. The lowest BCUT2D eigenvalue weighted by atomic mass is 9.94. The second-order valence-electron chi connectivity index (χ2n) is 10.4. The van der Waals surface area contributed by atoms with Crippen molar-refractivity contribution in [1.29, 1.82) is 0 Å². The van der Waals surface area contributed by atoms with Gasteiger partial charge in [0.15, 0.2) is 0 Å². The summed E-state index contributed by atoms with van der Waals surface area (Å²) in [6.45, 7) is 16.3. The van der Waals surface area contributed by atoms with Gasteiger partial charge in [0.2, 0.25) is 17.7 Å². The summed E-state index contributed by atoms with van der Waals surface area (Å²) < 4.78 is 5.25.